The molecule has 0 spiro atoms. The molecular weight excluding hydrogens is 453 g/mol. The van der Waals surface area contributed by atoms with Gasteiger partial charge in [0.25, 0.3) is 0 Å². The fourth-order valence-corrected chi connectivity index (χ4v) is 3.46. The van der Waals surface area contributed by atoms with Crippen molar-refractivity contribution in [3.05, 3.63) is 25.9 Å². The van der Waals surface area contributed by atoms with Crippen LogP contribution in [0.15, 0.2) is 16.6 Å². The molecule has 0 aliphatic rings. The van der Waals surface area contributed by atoms with Crippen molar-refractivity contribution < 1.29 is 14.3 Å². The predicted octanol–water partition coefficient (Wildman–Crippen LogP) is 3.41. The number of ether oxygens (including phenoxy) is 2. The number of aromatic amines is 1. The molecule has 112 valence electrons. The van der Waals surface area contributed by atoms with Crippen molar-refractivity contribution in [2.24, 2.45) is 0 Å². The Balaban J connectivity index is 2.56. The second-order valence-corrected chi connectivity index (χ2v) is 6.02. The number of H-pyrrole nitrogens is 1. The molecule has 1 N–H and O–H groups in total. The molecule has 2 aromatic rings. The third kappa shape index (κ3) is 3.54. The summed E-state index contributed by atoms with van der Waals surface area (Å²) >= 11 is 5.62. The van der Waals surface area contributed by atoms with Crippen LogP contribution in [0.4, 0.5) is 0 Å². The van der Waals surface area contributed by atoms with E-state index < -0.39 is 5.97 Å². The molecule has 0 atom stereocenters. The van der Waals surface area contributed by atoms with Gasteiger partial charge in [0.15, 0.2) is 5.69 Å². The first-order chi connectivity index (χ1) is 10.1. The largest absolute Gasteiger partial charge is 0.492 e. The van der Waals surface area contributed by atoms with Crippen molar-refractivity contribution in [2.75, 3.05) is 13.2 Å². The summed E-state index contributed by atoms with van der Waals surface area (Å²) in [5.74, 6) is 0.152. The molecule has 8 heteroatoms. The number of nitrogens with one attached hydrogen (secondary N) is 1. The number of hydrogen-bond donors (Lipinski definition) is 1. The van der Waals surface area contributed by atoms with Gasteiger partial charge < -0.3 is 9.47 Å². The van der Waals surface area contributed by atoms with Gasteiger partial charge in [0.2, 0.25) is 0 Å². The van der Waals surface area contributed by atoms with Gasteiger partial charge >= 0.3 is 5.97 Å². The van der Waals surface area contributed by atoms with E-state index in [1.54, 1.807) is 6.92 Å². The van der Waals surface area contributed by atoms with Crippen molar-refractivity contribution in [1.82, 2.24) is 15.4 Å². The van der Waals surface area contributed by atoms with E-state index in [0.29, 0.717) is 23.6 Å². The van der Waals surface area contributed by atoms with Gasteiger partial charge in [0, 0.05) is 10.0 Å². The molecule has 21 heavy (non-hydrogen) atoms. The van der Waals surface area contributed by atoms with Crippen LogP contribution < -0.4 is 4.74 Å². The third-order valence-electron chi connectivity index (χ3n) is 2.57. The van der Waals surface area contributed by atoms with Crippen molar-refractivity contribution in [1.29, 1.82) is 0 Å². The fourth-order valence-electron chi connectivity index (χ4n) is 1.79. The standard InChI is InChI=1S/C13H13BrIN3O3/c1-3-20-12-8(5-7(14)6-9(12)15)10-11(17-18-16-10)13(19)21-4-2/h5-6H,3-4H2,1-2H3,(H,16,17,18). The van der Waals surface area contributed by atoms with Crippen LogP contribution in [0.3, 0.4) is 0 Å². The minimum atomic E-state index is -0.515. The number of nitrogens with zero attached hydrogens (tertiary/aromatic N) is 2. The topological polar surface area (TPSA) is 77.1 Å². The van der Waals surface area contributed by atoms with Gasteiger partial charge in [0.1, 0.15) is 11.4 Å². The summed E-state index contributed by atoms with van der Waals surface area (Å²) < 4.78 is 12.4. The molecule has 0 amide bonds. The molecule has 6 nitrogen and oxygen atoms in total. The maximum Gasteiger partial charge on any atom is 0.361 e. The SMILES string of the molecule is CCOC(=O)c1n[nH]nc1-c1cc(Br)cc(I)c1OCC. The number of carbonyl (C=O) groups is 1. The van der Waals surface area contributed by atoms with Crippen LogP contribution in [0.2, 0.25) is 0 Å². The van der Waals surface area contributed by atoms with Gasteiger partial charge in [0.05, 0.1) is 16.8 Å². The number of aromatic nitrogens is 3. The predicted molar refractivity (Wildman–Crippen MR) is 89.4 cm³/mol. The highest BCUT2D eigenvalue weighted by Gasteiger charge is 2.23. The Morgan fingerprint density at radius 1 is 1.33 bits per heavy atom. The molecule has 0 radical (unpaired) electrons. The Morgan fingerprint density at radius 2 is 2.10 bits per heavy atom. The molecule has 0 fully saturated rings. The normalized spacial score (nSPS) is 10.5. The summed E-state index contributed by atoms with van der Waals surface area (Å²) in [5, 5.41) is 10.4. The van der Waals surface area contributed by atoms with E-state index in [4.69, 9.17) is 9.47 Å². The molecule has 0 unspecified atom stereocenters. The third-order valence-corrected chi connectivity index (χ3v) is 3.83. The molecule has 1 aromatic heterocycles. The first-order valence-corrected chi connectivity index (χ1v) is 8.15. The first-order valence-electron chi connectivity index (χ1n) is 6.28. The monoisotopic (exact) mass is 465 g/mol. The highest BCUT2D eigenvalue weighted by molar-refractivity contribution is 14.1. The Hall–Kier alpha value is -1.16. The van der Waals surface area contributed by atoms with Gasteiger partial charge in [-0.05, 0) is 48.6 Å². The van der Waals surface area contributed by atoms with Gasteiger partial charge in [-0.3, -0.25) is 0 Å². The van der Waals surface area contributed by atoms with E-state index in [2.05, 4.69) is 53.9 Å². The molecule has 1 heterocycles. The Kier molecular flexibility index (Phi) is 5.57. The zero-order valence-corrected chi connectivity index (χ0v) is 15.2. The second kappa shape index (κ2) is 7.21. The lowest BCUT2D eigenvalue weighted by Gasteiger charge is -2.12. The van der Waals surface area contributed by atoms with Crippen LogP contribution in [0, 0.1) is 3.57 Å². The first kappa shape index (κ1) is 16.2. The van der Waals surface area contributed by atoms with Crippen LogP contribution in [0.1, 0.15) is 24.3 Å². The summed E-state index contributed by atoms with van der Waals surface area (Å²) in [5.41, 5.74) is 1.25. The Bertz CT molecular complexity index is 660. The zero-order valence-electron chi connectivity index (χ0n) is 11.4. The lowest BCUT2D eigenvalue weighted by atomic mass is 10.1. The summed E-state index contributed by atoms with van der Waals surface area (Å²) in [6, 6.07) is 3.77. The van der Waals surface area contributed by atoms with E-state index in [1.807, 2.05) is 19.1 Å². The molecule has 0 aliphatic heterocycles. The molecule has 0 saturated heterocycles. The highest BCUT2D eigenvalue weighted by Crippen LogP contribution is 2.37. The number of carbonyl (C=O) groups excluding carboxylic acids is 1. The molecule has 1 aromatic carbocycles. The second-order valence-electron chi connectivity index (χ2n) is 3.94. The summed E-state index contributed by atoms with van der Waals surface area (Å²) in [7, 11) is 0. The summed E-state index contributed by atoms with van der Waals surface area (Å²) in [6.45, 7) is 4.43. The zero-order chi connectivity index (χ0) is 15.4. The average molecular weight is 466 g/mol. The Morgan fingerprint density at radius 3 is 2.76 bits per heavy atom. The van der Waals surface area contributed by atoms with Crippen LogP contribution >= 0.6 is 38.5 Å². The summed E-state index contributed by atoms with van der Waals surface area (Å²) in [6.07, 6.45) is 0. The summed E-state index contributed by atoms with van der Waals surface area (Å²) in [4.78, 5) is 11.9. The number of benzene rings is 1. The van der Waals surface area contributed by atoms with Gasteiger partial charge in [-0.1, -0.05) is 15.9 Å². The molecule has 0 saturated carbocycles. The molecule has 0 aliphatic carbocycles. The fraction of sp³-hybridized carbons (Fsp3) is 0.308. The lowest BCUT2D eigenvalue weighted by molar-refractivity contribution is 0.0520. The molecule has 0 bridgehead atoms. The van der Waals surface area contributed by atoms with Gasteiger partial charge in [-0.15, -0.1) is 5.10 Å². The Labute approximate surface area is 143 Å². The smallest absolute Gasteiger partial charge is 0.361 e. The van der Waals surface area contributed by atoms with Crippen molar-refractivity contribution in [2.45, 2.75) is 13.8 Å². The highest BCUT2D eigenvalue weighted by atomic mass is 127. The van der Waals surface area contributed by atoms with Gasteiger partial charge in [-0.2, -0.15) is 10.3 Å². The lowest BCUT2D eigenvalue weighted by Crippen LogP contribution is -2.07. The molecule has 2 rings (SSSR count). The maximum atomic E-state index is 11.9. The van der Waals surface area contributed by atoms with Gasteiger partial charge in [-0.25, -0.2) is 4.79 Å². The van der Waals surface area contributed by atoms with E-state index in [9.17, 15) is 4.79 Å². The quantitative estimate of drug-likeness (QED) is 0.540. The van der Waals surface area contributed by atoms with E-state index in [0.717, 1.165) is 8.04 Å². The van der Waals surface area contributed by atoms with E-state index in [1.165, 1.54) is 0 Å². The number of esters is 1. The van der Waals surface area contributed by atoms with Crippen molar-refractivity contribution in [3.63, 3.8) is 0 Å². The number of rotatable bonds is 5. The van der Waals surface area contributed by atoms with Crippen molar-refractivity contribution in [3.8, 4) is 17.0 Å². The van der Waals surface area contributed by atoms with E-state index >= 15 is 0 Å². The van der Waals surface area contributed by atoms with E-state index in [-0.39, 0.29) is 12.3 Å². The van der Waals surface area contributed by atoms with Crippen LogP contribution in [0.5, 0.6) is 5.75 Å². The minimum Gasteiger partial charge on any atom is -0.492 e. The van der Waals surface area contributed by atoms with Crippen LogP contribution in [-0.2, 0) is 4.74 Å². The van der Waals surface area contributed by atoms with Crippen molar-refractivity contribution >= 4 is 44.5 Å². The minimum absolute atomic E-state index is 0.145. The number of halogens is 2. The molecular formula is C13H13BrIN3O3. The number of hydrogen-bond acceptors (Lipinski definition) is 5. The maximum absolute atomic E-state index is 11.9. The van der Waals surface area contributed by atoms with Crippen LogP contribution in [-0.4, -0.2) is 34.6 Å². The van der Waals surface area contributed by atoms with Crippen LogP contribution in [0.25, 0.3) is 11.3 Å². The average Bonchev–Trinajstić information content (AvgIpc) is 2.91.